The lowest BCUT2D eigenvalue weighted by molar-refractivity contribution is 0.0928. The first-order valence-electron chi connectivity index (χ1n) is 10.9. The fourth-order valence-corrected chi connectivity index (χ4v) is 4.60. The van der Waals surface area contributed by atoms with Crippen molar-refractivity contribution >= 4 is 22.4 Å². The largest absolute Gasteiger partial charge is 0.369 e. The molecule has 3 aromatic carbocycles. The number of rotatable bonds is 5. The van der Waals surface area contributed by atoms with Crippen LogP contribution in [0.3, 0.4) is 0 Å². The minimum Gasteiger partial charge on any atom is -0.369 e. The molecule has 31 heavy (non-hydrogen) atoms. The highest BCUT2D eigenvalue weighted by Crippen LogP contribution is 2.31. The number of carbonyl (C=O) groups is 1. The van der Waals surface area contributed by atoms with Gasteiger partial charge in [0.1, 0.15) is 0 Å². The molecule has 0 atom stereocenters. The zero-order valence-corrected chi connectivity index (χ0v) is 17.8. The fourth-order valence-electron chi connectivity index (χ4n) is 4.60. The van der Waals surface area contributed by atoms with E-state index in [-0.39, 0.29) is 5.78 Å². The summed E-state index contributed by atoms with van der Waals surface area (Å²) in [5.41, 5.74) is 6.39. The molecule has 156 valence electrons. The Morgan fingerprint density at radius 2 is 1.52 bits per heavy atom. The number of H-pyrrole nitrogens is 1. The van der Waals surface area contributed by atoms with E-state index in [9.17, 15) is 4.79 Å². The van der Waals surface area contributed by atoms with Crippen molar-refractivity contribution in [3.8, 4) is 11.3 Å². The number of ketones is 1. The molecular weight excluding hydrogens is 382 g/mol. The van der Waals surface area contributed by atoms with Crippen molar-refractivity contribution in [2.24, 2.45) is 0 Å². The first-order valence-corrected chi connectivity index (χ1v) is 10.9. The van der Waals surface area contributed by atoms with Gasteiger partial charge in [-0.15, -0.1) is 0 Å². The molecule has 1 saturated heterocycles. The molecule has 4 heteroatoms. The van der Waals surface area contributed by atoms with Gasteiger partial charge < -0.3 is 9.88 Å². The Morgan fingerprint density at radius 3 is 2.29 bits per heavy atom. The number of nitrogens with one attached hydrogen (secondary N) is 1. The van der Waals surface area contributed by atoms with Crippen molar-refractivity contribution in [3.63, 3.8) is 0 Å². The van der Waals surface area contributed by atoms with Gasteiger partial charge in [-0.05, 0) is 30.2 Å². The van der Waals surface area contributed by atoms with Crippen molar-refractivity contribution in [1.82, 2.24) is 9.88 Å². The standard InChI is InChI=1S/C27H27N3O/c1-20-9-5-8-14-24(20)30-17-15-29(16-18-30)19-25(31)26-22-12-6-7-13-23(22)28-27(26)21-10-3-2-4-11-21/h2-14,28H,15-19H2,1H3. The minimum atomic E-state index is 0.181. The van der Waals surface area contributed by atoms with Gasteiger partial charge in [0, 0.05) is 42.8 Å². The molecule has 1 fully saturated rings. The molecule has 2 heterocycles. The minimum absolute atomic E-state index is 0.181. The maximum Gasteiger partial charge on any atom is 0.179 e. The monoisotopic (exact) mass is 409 g/mol. The summed E-state index contributed by atoms with van der Waals surface area (Å²) in [4.78, 5) is 21.7. The smallest absolute Gasteiger partial charge is 0.179 e. The zero-order valence-electron chi connectivity index (χ0n) is 17.8. The Labute approximate surface area is 183 Å². The number of fused-ring (bicyclic) bond motifs is 1. The second kappa shape index (κ2) is 8.40. The van der Waals surface area contributed by atoms with Crippen LogP contribution in [0.4, 0.5) is 5.69 Å². The van der Waals surface area contributed by atoms with E-state index in [4.69, 9.17) is 0 Å². The molecule has 0 aliphatic carbocycles. The molecule has 0 bridgehead atoms. The maximum absolute atomic E-state index is 13.5. The summed E-state index contributed by atoms with van der Waals surface area (Å²) in [5.74, 6) is 0.181. The average molecular weight is 410 g/mol. The quantitative estimate of drug-likeness (QED) is 0.464. The topological polar surface area (TPSA) is 39.3 Å². The number of hydrogen-bond acceptors (Lipinski definition) is 3. The van der Waals surface area contributed by atoms with Crippen LogP contribution in [0.15, 0.2) is 78.9 Å². The lowest BCUT2D eigenvalue weighted by Crippen LogP contribution is -2.48. The van der Waals surface area contributed by atoms with Crippen molar-refractivity contribution in [2.45, 2.75) is 6.92 Å². The molecule has 1 N–H and O–H groups in total. The normalized spacial score (nSPS) is 14.8. The van der Waals surface area contributed by atoms with E-state index in [1.54, 1.807) is 0 Å². The number of carbonyl (C=O) groups excluding carboxylic acids is 1. The van der Waals surface area contributed by atoms with Gasteiger partial charge >= 0.3 is 0 Å². The summed E-state index contributed by atoms with van der Waals surface area (Å²) in [6.45, 7) is 6.28. The zero-order chi connectivity index (χ0) is 21.2. The second-order valence-electron chi connectivity index (χ2n) is 8.26. The van der Waals surface area contributed by atoms with Gasteiger partial charge in [0.15, 0.2) is 5.78 Å². The first-order chi connectivity index (χ1) is 15.2. The molecule has 0 unspecified atom stereocenters. The van der Waals surface area contributed by atoms with E-state index in [0.29, 0.717) is 6.54 Å². The average Bonchev–Trinajstić information content (AvgIpc) is 3.20. The van der Waals surface area contributed by atoms with Crippen LogP contribution >= 0.6 is 0 Å². The summed E-state index contributed by atoms with van der Waals surface area (Å²) >= 11 is 0. The number of Topliss-reactive ketones (excluding diaryl/α,β-unsaturated/α-hetero) is 1. The Hall–Kier alpha value is -3.37. The number of piperazine rings is 1. The SMILES string of the molecule is Cc1ccccc1N1CCN(CC(=O)c2c(-c3ccccc3)[nH]c3ccccc23)CC1. The van der Waals surface area contributed by atoms with E-state index in [2.05, 4.69) is 58.1 Å². The van der Waals surface area contributed by atoms with Crippen LogP contribution in [0.25, 0.3) is 22.2 Å². The van der Waals surface area contributed by atoms with Crippen molar-refractivity contribution in [3.05, 3.63) is 90.0 Å². The summed E-state index contributed by atoms with van der Waals surface area (Å²) in [6, 6.07) is 26.8. The molecule has 0 radical (unpaired) electrons. The fraction of sp³-hybridized carbons (Fsp3) is 0.222. The lowest BCUT2D eigenvalue weighted by atomic mass is 10.0. The number of benzene rings is 3. The van der Waals surface area contributed by atoms with Gasteiger partial charge in [0.25, 0.3) is 0 Å². The number of nitrogens with zero attached hydrogens (tertiary/aromatic N) is 2. The molecular formula is C27H27N3O. The first kappa shape index (κ1) is 19.6. The lowest BCUT2D eigenvalue weighted by Gasteiger charge is -2.36. The van der Waals surface area contributed by atoms with Crippen LogP contribution in [0.5, 0.6) is 0 Å². The molecule has 5 rings (SSSR count). The van der Waals surface area contributed by atoms with E-state index in [1.165, 1.54) is 11.3 Å². The van der Waals surface area contributed by atoms with Gasteiger partial charge in [-0.2, -0.15) is 0 Å². The van der Waals surface area contributed by atoms with Crippen molar-refractivity contribution in [1.29, 1.82) is 0 Å². The number of aryl methyl sites for hydroxylation is 1. The highest BCUT2D eigenvalue weighted by atomic mass is 16.1. The van der Waals surface area contributed by atoms with Gasteiger partial charge in [-0.25, -0.2) is 0 Å². The van der Waals surface area contributed by atoms with E-state index >= 15 is 0 Å². The molecule has 0 saturated carbocycles. The van der Waals surface area contributed by atoms with Gasteiger partial charge in [0.2, 0.25) is 0 Å². The Morgan fingerprint density at radius 1 is 0.839 bits per heavy atom. The van der Waals surface area contributed by atoms with Gasteiger partial charge in [-0.3, -0.25) is 9.69 Å². The number of aromatic amines is 1. The number of hydrogen-bond donors (Lipinski definition) is 1. The summed E-state index contributed by atoms with van der Waals surface area (Å²) in [6.07, 6.45) is 0. The number of para-hydroxylation sites is 2. The highest BCUT2D eigenvalue weighted by molar-refractivity contribution is 6.14. The molecule has 4 aromatic rings. The second-order valence-corrected chi connectivity index (χ2v) is 8.26. The van der Waals surface area contributed by atoms with Crippen molar-refractivity contribution in [2.75, 3.05) is 37.6 Å². The summed E-state index contributed by atoms with van der Waals surface area (Å²) < 4.78 is 0. The maximum atomic E-state index is 13.5. The Bertz CT molecular complexity index is 1200. The number of anilines is 1. The molecule has 1 aromatic heterocycles. The summed E-state index contributed by atoms with van der Waals surface area (Å²) in [5, 5.41) is 1.00. The van der Waals surface area contributed by atoms with Crippen LogP contribution in [0.1, 0.15) is 15.9 Å². The van der Waals surface area contributed by atoms with E-state index in [0.717, 1.165) is 53.9 Å². The number of aromatic nitrogens is 1. The molecule has 0 amide bonds. The van der Waals surface area contributed by atoms with E-state index < -0.39 is 0 Å². The predicted octanol–water partition coefficient (Wildman–Crippen LogP) is 5.15. The van der Waals surface area contributed by atoms with Crippen LogP contribution in [-0.2, 0) is 0 Å². The van der Waals surface area contributed by atoms with E-state index in [1.807, 2.05) is 42.5 Å². The summed E-state index contributed by atoms with van der Waals surface area (Å²) in [7, 11) is 0. The Kier molecular flexibility index (Phi) is 5.31. The highest BCUT2D eigenvalue weighted by Gasteiger charge is 2.24. The van der Waals surface area contributed by atoms with Crippen LogP contribution in [0, 0.1) is 6.92 Å². The molecule has 1 aliphatic heterocycles. The third kappa shape index (κ3) is 3.87. The third-order valence-electron chi connectivity index (χ3n) is 6.24. The molecule has 4 nitrogen and oxygen atoms in total. The molecule has 0 spiro atoms. The van der Waals surface area contributed by atoms with Crippen molar-refractivity contribution < 1.29 is 4.79 Å². The van der Waals surface area contributed by atoms with Crippen LogP contribution < -0.4 is 4.90 Å². The predicted molar refractivity (Wildman–Crippen MR) is 128 cm³/mol. The van der Waals surface area contributed by atoms with Gasteiger partial charge in [-0.1, -0.05) is 66.7 Å². The third-order valence-corrected chi connectivity index (χ3v) is 6.24. The Balaban J connectivity index is 1.36. The van der Waals surface area contributed by atoms with Crippen LogP contribution in [-0.4, -0.2) is 48.4 Å². The molecule has 1 aliphatic rings. The van der Waals surface area contributed by atoms with Gasteiger partial charge in [0.05, 0.1) is 17.8 Å². The van der Waals surface area contributed by atoms with Crippen LogP contribution in [0.2, 0.25) is 0 Å².